The van der Waals surface area contributed by atoms with Gasteiger partial charge in [-0.3, -0.25) is 9.63 Å². The van der Waals surface area contributed by atoms with E-state index in [-0.39, 0.29) is 11.5 Å². The first-order valence-electron chi connectivity index (χ1n) is 6.95. The molecule has 4 rings (SSSR count). The zero-order chi connectivity index (χ0) is 11.9. The minimum atomic E-state index is -0.165. The summed E-state index contributed by atoms with van der Waals surface area (Å²) in [5, 5.41) is 1.64. The quantitative estimate of drug-likeness (QED) is 0.745. The van der Waals surface area contributed by atoms with Gasteiger partial charge in [0, 0.05) is 13.1 Å². The summed E-state index contributed by atoms with van der Waals surface area (Å²) in [5.74, 6) is 0.801. The second-order valence-corrected chi connectivity index (χ2v) is 5.73. The molecule has 4 aliphatic heterocycles. The maximum atomic E-state index is 12.0. The number of piperidine rings is 3. The Morgan fingerprint density at radius 1 is 1.41 bits per heavy atom. The third kappa shape index (κ3) is 1.87. The molecule has 0 aromatic heterocycles. The lowest BCUT2D eigenvalue weighted by molar-refractivity contribution is -0.239. The lowest BCUT2D eigenvalue weighted by Gasteiger charge is -2.49. The highest BCUT2D eigenvalue weighted by Crippen LogP contribution is 2.44. The number of fused-ring (bicyclic) bond motifs is 2. The van der Waals surface area contributed by atoms with Gasteiger partial charge >= 0.3 is 0 Å². The molecule has 1 atom stereocenters. The Balaban J connectivity index is 1.71. The van der Waals surface area contributed by atoms with E-state index in [1.807, 2.05) is 0 Å². The fraction of sp³-hybridized carbons (Fsp3) is 0.923. The molecule has 0 saturated carbocycles. The Labute approximate surface area is 103 Å². The first kappa shape index (κ1) is 11.5. The average molecular weight is 238 g/mol. The van der Waals surface area contributed by atoms with Gasteiger partial charge in [-0.15, -0.1) is 0 Å². The Hall–Kier alpha value is -0.610. The number of hydrogen-bond acceptors (Lipinski definition) is 3. The van der Waals surface area contributed by atoms with Crippen LogP contribution < -0.4 is 0 Å². The number of hydroxylamine groups is 2. The molecule has 1 spiro atoms. The summed E-state index contributed by atoms with van der Waals surface area (Å²) < 4.78 is 0. The molecule has 0 aromatic rings. The standard InChI is InChI=1S/C13H22N2O2/c1-2-3-6-15-12(16)9-13(17-15)10-14-7-4-11(13)5-8-14/h11H,2-10H2,1H3. The lowest BCUT2D eigenvalue weighted by Crippen LogP contribution is -2.59. The van der Waals surface area contributed by atoms with Gasteiger partial charge in [-0.2, -0.15) is 0 Å². The van der Waals surface area contributed by atoms with Crippen LogP contribution >= 0.6 is 0 Å². The van der Waals surface area contributed by atoms with Gasteiger partial charge in [-0.05, 0) is 38.3 Å². The van der Waals surface area contributed by atoms with Crippen molar-refractivity contribution < 1.29 is 9.63 Å². The van der Waals surface area contributed by atoms with Crippen LogP contribution in [0, 0.1) is 5.92 Å². The van der Waals surface area contributed by atoms with Crippen molar-refractivity contribution in [3.63, 3.8) is 0 Å². The maximum absolute atomic E-state index is 12.0. The monoisotopic (exact) mass is 238 g/mol. The molecule has 0 aliphatic carbocycles. The third-order valence-electron chi connectivity index (χ3n) is 4.56. The fourth-order valence-electron chi connectivity index (χ4n) is 3.55. The number of amides is 1. The van der Waals surface area contributed by atoms with E-state index in [9.17, 15) is 4.79 Å². The Morgan fingerprint density at radius 3 is 2.76 bits per heavy atom. The van der Waals surface area contributed by atoms with Gasteiger partial charge in [0.1, 0.15) is 5.60 Å². The SMILES string of the molecule is CCCCN1OC2(CC1=O)CN1CCC2CC1. The van der Waals surface area contributed by atoms with E-state index in [4.69, 9.17) is 4.84 Å². The number of rotatable bonds is 3. The number of carbonyl (C=O) groups excluding carboxylic acids is 1. The highest BCUT2D eigenvalue weighted by atomic mass is 16.7. The second-order valence-electron chi connectivity index (χ2n) is 5.73. The molecular formula is C13H22N2O2. The number of unbranched alkanes of at least 4 members (excludes halogenated alkanes) is 1. The minimum absolute atomic E-state index is 0.165. The van der Waals surface area contributed by atoms with Gasteiger partial charge < -0.3 is 4.90 Å². The van der Waals surface area contributed by atoms with Gasteiger partial charge in [0.15, 0.2) is 0 Å². The molecule has 0 N–H and O–H groups in total. The Kier molecular flexibility index (Phi) is 2.87. The molecule has 4 saturated heterocycles. The maximum Gasteiger partial charge on any atom is 0.249 e. The fourth-order valence-corrected chi connectivity index (χ4v) is 3.55. The van der Waals surface area contributed by atoms with Crippen LogP contribution in [0.1, 0.15) is 39.0 Å². The second kappa shape index (κ2) is 4.25. The molecule has 1 amide bonds. The summed E-state index contributed by atoms with van der Waals surface area (Å²) >= 11 is 0. The van der Waals surface area contributed by atoms with Crippen molar-refractivity contribution >= 4 is 5.91 Å². The smallest absolute Gasteiger partial charge is 0.249 e. The van der Waals surface area contributed by atoms with E-state index in [0.717, 1.165) is 25.9 Å². The van der Waals surface area contributed by atoms with Crippen LogP contribution in [0.2, 0.25) is 0 Å². The van der Waals surface area contributed by atoms with E-state index >= 15 is 0 Å². The number of carbonyl (C=O) groups is 1. The highest BCUT2D eigenvalue weighted by molar-refractivity contribution is 5.78. The van der Waals surface area contributed by atoms with Gasteiger partial charge in [0.2, 0.25) is 5.91 Å². The van der Waals surface area contributed by atoms with E-state index in [1.165, 1.54) is 25.9 Å². The van der Waals surface area contributed by atoms with Crippen molar-refractivity contribution in [3.05, 3.63) is 0 Å². The van der Waals surface area contributed by atoms with Crippen molar-refractivity contribution in [1.82, 2.24) is 9.96 Å². The summed E-state index contributed by atoms with van der Waals surface area (Å²) in [6, 6.07) is 0. The van der Waals surface area contributed by atoms with Crippen molar-refractivity contribution in [1.29, 1.82) is 0 Å². The van der Waals surface area contributed by atoms with Gasteiger partial charge in [0.25, 0.3) is 0 Å². The molecule has 0 aromatic carbocycles. The van der Waals surface area contributed by atoms with Crippen LogP contribution in [0.3, 0.4) is 0 Å². The van der Waals surface area contributed by atoms with Gasteiger partial charge in [0.05, 0.1) is 6.42 Å². The Morgan fingerprint density at radius 2 is 2.18 bits per heavy atom. The molecule has 4 aliphatic rings. The van der Waals surface area contributed by atoms with Crippen LogP contribution in [0.4, 0.5) is 0 Å². The van der Waals surface area contributed by atoms with Crippen LogP contribution in [-0.4, -0.2) is 47.7 Å². The topological polar surface area (TPSA) is 32.8 Å². The molecule has 4 heterocycles. The Bertz CT molecular complexity index is 313. The van der Waals surface area contributed by atoms with E-state index in [1.54, 1.807) is 5.06 Å². The van der Waals surface area contributed by atoms with E-state index in [2.05, 4.69) is 11.8 Å². The minimum Gasteiger partial charge on any atom is -0.300 e. The van der Waals surface area contributed by atoms with Crippen molar-refractivity contribution in [2.75, 3.05) is 26.2 Å². The highest BCUT2D eigenvalue weighted by Gasteiger charge is 2.54. The lowest BCUT2D eigenvalue weighted by atomic mass is 9.74. The first-order valence-corrected chi connectivity index (χ1v) is 6.95. The number of hydrogen-bond donors (Lipinski definition) is 0. The van der Waals surface area contributed by atoms with E-state index in [0.29, 0.717) is 12.3 Å². The summed E-state index contributed by atoms with van der Waals surface area (Å²) in [7, 11) is 0. The zero-order valence-electron chi connectivity index (χ0n) is 10.7. The van der Waals surface area contributed by atoms with E-state index < -0.39 is 0 Å². The predicted octanol–water partition coefficient (Wildman–Crippen LogP) is 1.41. The van der Waals surface area contributed by atoms with Crippen LogP contribution in [0.5, 0.6) is 0 Å². The van der Waals surface area contributed by atoms with Crippen molar-refractivity contribution in [2.45, 2.75) is 44.6 Å². The third-order valence-corrected chi connectivity index (χ3v) is 4.56. The summed E-state index contributed by atoms with van der Waals surface area (Å²) in [4.78, 5) is 20.5. The molecule has 1 unspecified atom stereocenters. The van der Waals surface area contributed by atoms with Crippen LogP contribution in [0.25, 0.3) is 0 Å². The summed E-state index contributed by atoms with van der Waals surface area (Å²) in [6.07, 6.45) is 5.16. The predicted molar refractivity (Wildman–Crippen MR) is 64.2 cm³/mol. The molecule has 17 heavy (non-hydrogen) atoms. The van der Waals surface area contributed by atoms with Crippen molar-refractivity contribution in [3.8, 4) is 0 Å². The van der Waals surface area contributed by atoms with Gasteiger partial charge in [-0.25, -0.2) is 5.06 Å². The van der Waals surface area contributed by atoms with Crippen LogP contribution in [0.15, 0.2) is 0 Å². The molecule has 4 fully saturated rings. The summed E-state index contributed by atoms with van der Waals surface area (Å²) in [5.41, 5.74) is -0.165. The molecule has 2 bridgehead atoms. The largest absolute Gasteiger partial charge is 0.300 e. The molecule has 4 nitrogen and oxygen atoms in total. The first-order chi connectivity index (χ1) is 8.23. The molecular weight excluding hydrogens is 216 g/mol. The molecule has 96 valence electrons. The zero-order valence-corrected chi connectivity index (χ0v) is 10.7. The average Bonchev–Trinajstić information content (AvgIpc) is 2.64. The van der Waals surface area contributed by atoms with Gasteiger partial charge in [-0.1, -0.05) is 13.3 Å². The summed E-state index contributed by atoms with van der Waals surface area (Å²) in [6.45, 7) is 6.26. The van der Waals surface area contributed by atoms with Crippen molar-refractivity contribution in [2.24, 2.45) is 5.92 Å². The normalized spacial score (nSPS) is 40.5. The molecule has 4 heteroatoms. The van der Waals surface area contributed by atoms with Crippen LogP contribution in [-0.2, 0) is 9.63 Å². The molecule has 0 radical (unpaired) electrons. The number of nitrogens with zero attached hydrogens (tertiary/aromatic N) is 2.